The molecule has 1 fully saturated rings. The molecule has 0 unspecified atom stereocenters. The van der Waals surface area contributed by atoms with Gasteiger partial charge in [0.1, 0.15) is 5.69 Å². The third-order valence-corrected chi connectivity index (χ3v) is 2.83. The Labute approximate surface area is 106 Å². The Kier molecular flexibility index (Phi) is 3.55. The number of nitrogens with zero attached hydrogens (tertiary/aromatic N) is 1. The molecule has 1 aromatic heterocycles. The zero-order chi connectivity index (χ0) is 13.1. The normalized spacial score (nSPS) is 14.3. The van der Waals surface area contributed by atoms with Crippen LogP contribution in [0.1, 0.15) is 36.3 Å². The van der Waals surface area contributed by atoms with E-state index < -0.39 is 0 Å². The monoisotopic (exact) mass is 250 g/mol. The molecule has 6 heteroatoms. The zero-order valence-corrected chi connectivity index (χ0v) is 10.4. The molecular weight excluding hydrogens is 232 g/mol. The summed E-state index contributed by atoms with van der Waals surface area (Å²) in [4.78, 5) is 23.2. The number of carbonyl (C=O) groups excluding carboxylic acids is 2. The number of hydrogen-bond acceptors (Lipinski definition) is 3. The molecule has 2 rings (SSSR count). The molecule has 4 N–H and O–H groups in total. The Bertz CT molecular complexity index is 463. The molecular formula is C12H18N4O2. The standard InChI is InChI=1S/C12H18N4O2/c1-2-14-11(17)6-15-12(18)10-5-8(13)7-16(10)9-3-4-9/h5,7,9H,2-4,6,13H2,1H3,(H,14,17)(H,15,18). The summed E-state index contributed by atoms with van der Waals surface area (Å²) in [5.74, 6) is -0.451. The number of rotatable bonds is 5. The SMILES string of the molecule is CCNC(=O)CNC(=O)c1cc(N)cn1C1CC1. The Hall–Kier alpha value is -1.98. The van der Waals surface area contributed by atoms with E-state index in [1.54, 1.807) is 12.3 Å². The van der Waals surface area contributed by atoms with Crippen molar-refractivity contribution >= 4 is 17.5 Å². The van der Waals surface area contributed by atoms with Crippen molar-refractivity contribution in [3.63, 3.8) is 0 Å². The highest BCUT2D eigenvalue weighted by Crippen LogP contribution is 2.37. The maximum absolute atomic E-state index is 12.0. The van der Waals surface area contributed by atoms with E-state index in [9.17, 15) is 9.59 Å². The number of aromatic nitrogens is 1. The van der Waals surface area contributed by atoms with Crippen LogP contribution in [0.3, 0.4) is 0 Å². The number of nitrogens with one attached hydrogen (secondary N) is 2. The summed E-state index contributed by atoms with van der Waals surface area (Å²) in [6.45, 7) is 2.38. The van der Waals surface area contributed by atoms with Crippen LogP contribution in [0.5, 0.6) is 0 Å². The van der Waals surface area contributed by atoms with Crippen molar-refractivity contribution in [2.24, 2.45) is 0 Å². The first-order valence-electron chi connectivity index (χ1n) is 6.14. The van der Waals surface area contributed by atoms with Gasteiger partial charge in [0.2, 0.25) is 5.91 Å². The van der Waals surface area contributed by atoms with Crippen LogP contribution in [0, 0.1) is 0 Å². The van der Waals surface area contributed by atoms with E-state index in [2.05, 4.69) is 10.6 Å². The number of anilines is 1. The van der Waals surface area contributed by atoms with Crippen LogP contribution < -0.4 is 16.4 Å². The average Bonchev–Trinajstić information content (AvgIpc) is 3.10. The Morgan fingerprint density at radius 1 is 1.44 bits per heavy atom. The fourth-order valence-electron chi connectivity index (χ4n) is 1.85. The largest absolute Gasteiger partial charge is 0.397 e. The summed E-state index contributed by atoms with van der Waals surface area (Å²) in [7, 11) is 0. The lowest BCUT2D eigenvalue weighted by atomic mass is 10.3. The molecule has 6 nitrogen and oxygen atoms in total. The number of nitrogens with two attached hydrogens (primary N) is 1. The topological polar surface area (TPSA) is 89.2 Å². The van der Waals surface area contributed by atoms with E-state index in [1.807, 2.05) is 11.5 Å². The van der Waals surface area contributed by atoms with E-state index in [-0.39, 0.29) is 18.4 Å². The van der Waals surface area contributed by atoms with E-state index in [0.717, 1.165) is 12.8 Å². The van der Waals surface area contributed by atoms with Gasteiger partial charge in [0.15, 0.2) is 0 Å². The summed E-state index contributed by atoms with van der Waals surface area (Å²) in [6, 6.07) is 2.03. The van der Waals surface area contributed by atoms with E-state index in [0.29, 0.717) is 24.0 Å². The van der Waals surface area contributed by atoms with E-state index >= 15 is 0 Å². The van der Waals surface area contributed by atoms with E-state index in [4.69, 9.17) is 5.73 Å². The number of nitrogen functional groups attached to an aromatic ring is 1. The molecule has 1 aromatic rings. The van der Waals surface area contributed by atoms with Crippen LogP contribution in [0.4, 0.5) is 5.69 Å². The van der Waals surface area contributed by atoms with Gasteiger partial charge in [0.25, 0.3) is 5.91 Å². The third-order valence-electron chi connectivity index (χ3n) is 2.83. The molecule has 0 aliphatic heterocycles. The molecule has 1 heterocycles. The van der Waals surface area contributed by atoms with Crippen molar-refractivity contribution in [3.8, 4) is 0 Å². The van der Waals surface area contributed by atoms with Crippen molar-refractivity contribution in [3.05, 3.63) is 18.0 Å². The second-order valence-electron chi connectivity index (χ2n) is 4.43. The molecule has 0 atom stereocenters. The smallest absolute Gasteiger partial charge is 0.268 e. The quantitative estimate of drug-likeness (QED) is 0.700. The summed E-state index contributed by atoms with van der Waals surface area (Å²) in [6.07, 6.45) is 3.92. The predicted molar refractivity (Wildman–Crippen MR) is 68.1 cm³/mol. The minimum Gasteiger partial charge on any atom is -0.397 e. The molecule has 18 heavy (non-hydrogen) atoms. The van der Waals surface area contributed by atoms with Gasteiger partial charge in [-0.2, -0.15) is 0 Å². The lowest BCUT2D eigenvalue weighted by molar-refractivity contribution is -0.120. The van der Waals surface area contributed by atoms with Gasteiger partial charge in [-0.1, -0.05) is 0 Å². The van der Waals surface area contributed by atoms with Gasteiger partial charge in [-0.25, -0.2) is 0 Å². The maximum Gasteiger partial charge on any atom is 0.268 e. The van der Waals surface area contributed by atoms with Crippen LogP contribution in [-0.4, -0.2) is 29.5 Å². The lowest BCUT2D eigenvalue weighted by Crippen LogP contribution is -2.37. The molecule has 1 aliphatic carbocycles. The number of carbonyl (C=O) groups is 2. The van der Waals surface area contributed by atoms with Crippen molar-refractivity contribution in [1.29, 1.82) is 0 Å². The summed E-state index contributed by atoms with van der Waals surface area (Å²) < 4.78 is 1.89. The molecule has 98 valence electrons. The minimum atomic E-state index is -0.259. The van der Waals surface area contributed by atoms with Gasteiger partial charge in [0.05, 0.1) is 12.2 Å². The zero-order valence-electron chi connectivity index (χ0n) is 10.4. The van der Waals surface area contributed by atoms with Gasteiger partial charge >= 0.3 is 0 Å². The summed E-state index contributed by atoms with van der Waals surface area (Å²) >= 11 is 0. The molecule has 0 radical (unpaired) electrons. The van der Waals surface area contributed by atoms with Gasteiger partial charge in [-0.15, -0.1) is 0 Å². The Morgan fingerprint density at radius 2 is 2.17 bits per heavy atom. The highest BCUT2D eigenvalue weighted by Gasteiger charge is 2.27. The molecule has 0 aromatic carbocycles. The second-order valence-corrected chi connectivity index (χ2v) is 4.43. The second kappa shape index (κ2) is 5.12. The van der Waals surface area contributed by atoms with Gasteiger partial charge in [0, 0.05) is 18.8 Å². The maximum atomic E-state index is 12.0. The lowest BCUT2D eigenvalue weighted by Gasteiger charge is -2.08. The molecule has 2 amide bonds. The Balaban J connectivity index is 1.98. The first-order chi connectivity index (χ1) is 8.61. The van der Waals surface area contributed by atoms with E-state index in [1.165, 1.54) is 0 Å². The number of amides is 2. The van der Waals surface area contributed by atoms with Crippen LogP contribution in [0.15, 0.2) is 12.3 Å². The summed E-state index contributed by atoms with van der Waals surface area (Å²) in [5.41, 5.74) is 6.81. The van der Waals surface area contributed by atoms with Crippen molar-refractivity contribution < 1.29 is 9.59 Å². The highest BCUT2D eigenvalue weighted by molar-refractivity contribution is 5.96. The van der Waals surface area contributed by atoms with Gasteiger partial charge < -0.3 is 20.9 Å². The van der Waals surface area contributed by atoms with Crippen molar-refractivity contribution in [1.82, 2.24) is 15.2 Å². The number of hydrogen-bond donors (Lipinski definition) is 3. The molecule has 1 aliphatic rings. The average molecular weight is 250 g/mol. The summed E-state index contributed by atoms with van der Waals surface area (Å²) in [5, 5.41) is 5.21. The van der Waals surface area contributed by atoms with Gasteiger partial charge in [-0.05, 0) is 25.8 Å². The molecule has 0 bridgehead atoms. The van der Waals surface area contributed by atoms with Crippen LogP contribution in [0.25, 0.3) is 0 Å². The number of likely N-dealkylation sites (N-methyl/N-ethyl adjacent to an activating group) is 1. The van der Waals surface area contributed by atoms with Crippen LogP contribution in [-0.2, 0) is 4.79 Å². The molecule has 0 saturated heterocycles. The fraction of sp³-hybridized carbons (Fsp3) is 0.500. The molecule has 0 spiro atoms. The van der Waals surface area contributed by atoms with Crippen LogP contribution >= 0.6 is 0 Å². The molecule has 1 saturated carbocycles. The van der Waals surface area contributed by atoms with Crippen molar-refractivity contribution in [2.45, 2.75) is 25.8 Å². The fourth-order valence-corrected chi connectivity index (χ4v) is 1.85. The minimum absolute atomic E-state index is 0.0115. The van der Waals surface area contributed by atoms with Crippen LogP contribution in [0.2, 0.25) is 0 Å². The Morgan fingerprint density at radius 3 is 2.78 bits per heavy atom. The predicted octanol–water partition coefficient (Wildman–Crippen LogP) is 0.271. The van der Waals surface area contributed by atoms with Gasteiger partial charge in [-0.3, -0.25) is 9.59 Å². The van der Waals surface area contributed by atoms with Crippen molar-refractivity contribution in [2.75, 3.05) is 18.8 Å². The third kappa shape index (κ3) is 2.82. The first kappa shape index (κ1) is 12.5. The highest BCUT2D eigenvalue weighted by atomic mass is 16.2. The first-order valence-corrected chi connectivity index (χ1v) is 6.14.